The van der Waals surface area contributed by atoms with Crippen LogP contribution in [-0.4, -0.2) is 56.7 Å². The van der Waals surface area contributed by atoms with E-state index in [-0.39, 0.29) is 11.9 Å². The third-order valence-corrected chi connectivity index (χ3v) is 3.71. The zero-order valence-electron chi connectivity index (χ0n) is 13.8. The minimum absolute atomic E-state index is 0.0318. The number of carbonyl (C=O) groups is 1. The van der Waals surface area contributed by atoms with Gasteiger partial charge in [0.1, 0.15) is 0 Å². The van der Waals surface area contributed by atoms with Gasteiger partial charge in [0.2, 0.25) is 0 Å². The number of hydrogen-bond acceptors (Lipinski definition) is 4. The van der Waals surface area contributed by atoms with Gasteiger partial charge in [-0.3, -0.25) is 4.79 Å². The molecule has 1 atom stereocenters. The van der Waals surface area contributed by atoms with Crippen LogP contribution in [0.3, 0.4) is 0 Å². The fourth-order valence-electron chi connectivity index (χ4n) is 2.63. The van der Waals surface area contributed by atoms with Gasteiger partial charge in [-0.1, -0.05) is 12.1 Å². The molecule has 1 aromatic carbocycles. The van der Waals surface area contributed by atoms with Gasteiger partial charge < -0.3 is 20.3 Å². The topological polar surface area (TPSA) is 53.6 Å². The van der Waals surface area contributed by atoms with Gasteiger partial charge in [-0.25, -0.2) is 0 Å². The number of hydrogen-bond donors (Lipinski definition) is 2. The number of amides is 1. The molecule has 1 heterocycles. The molecule has 122 valence electrons. The number of nitrogens with zero attached hydrogens (tertiary/aromatic N) is 1. The van der Waals surface area contributed by atoms with Crippen molar-refractivity contribution in [1.82, 2.24) is 10.2 Å². The minimum Gasteiger partial charge on any atom is -0.382 e. The molecule has 2 N–H and O–H groups in total. The highest BCUT2D eigenvalue weighted by atomic mass is 16.5. The zero-order valence-corrected chi connectivity index (χ0v) is 13.8. The van der Waals surface area contributed by atoms with E-state index in [0.29, 0.717) is 24.6 Å². The van der Waals surface area contributed by atoms with Crippen molar-refractivity contribution in [2.24, 2.45) is 5.92 Å². The SMILES string of the molecule is CC(C)Nc1ccccc1C(=O)NC[C@H]1COCCN(C)C1. The molecular formula is C17H27N3O2. The lowest BCUT2D eigenvalue weighted by Gasteiger charge is -2.20. The van der Waals surface area contributed by atoms with Crippen LogP contribution in [-0.2, 0) is 4.74 Å². The maximum Gasteiger partial charge on any atom is 0.253 e. The number of carbonyl (C=O) groups excluding carboxylic acids is 1. The first kappa shape index (κ1) is 16.8. The molecule has 5 nitrogen and oxygen atoms in total. The van der Waals surface area contributed by atoms with Crippen LogP contribution in [0, 0.1) is 5.92 Å². The molecule has 0 spiro atoms. The van der Waals surface area contributed by atoms with Crippen molar-refractivity contribution in [2.45, 2.75) is 19.9 Å². The molecular weight excluding hydrogens is 278 g/mol. The molecule has 0 aromatic heterocycles. The predicted octanol–water partition coefficient (Wildman–Crippen LogP) is 1.81. The van der Waals surface area contributed by atoms with Crippen LogP contribution in [0.2, 0.25) is 0 Å². The number of para-hydroxylation sites is 1. The number of benzene rings is 1. The van der Waals surface area contributed by atoms with Crippen molar-refractivity contribution in [2.75, 3.05) is 45.2 Å². The van der Waals surface area contributed by atoms with Crippen molar-refractivity contribution < 1.29 is 9.53 Å². The average Bonchev–Trinajstić information content (AvgIpc) is 2.69. The second kappa shape index (κ2) is 8.15. The number of rotatable bonds is 5. The number of ether oxygens (including phenoxy) is 1. The highest BCUT2D eigenvalue weighted by Crippen LogP contribution is 2.16. The van der Waals surface area contributed by atoms with E-state index in [4.69, 9.17) is 4.74 Å². The fraction of sp³-hybridized carbons (Fsp3) is 0.588. The molecule has 1 amide bonds. The number of nitrogens with one attached hydrogen (secondary N) is 2. The lowest BCUT2D eigenvalue weighted by atomic mass is 10.1. The van der Waals surface area contributed by atoms with Crippen molar-refractivity contribution >= 4 is 11.6 Å². The van der Waals surface area contributed by atoms with Crippen LogP contribution < -0.4 is 10.6 Å². The molecule has 5 heteroatoms. The van der Waals surface area contributed by atoms with Crippen molar-refractivity contribution in [3.05, 3.63) is 29.8 Å². The van der Waals surface area contributed by atoms with Gasteiger partial charge in [-0.05, 0) is 33.0 Å². The summed E-state index contributed by atoms with van der Waals surface area (Å²) in [7, 11) is 2.09. The summed E-state index contributed by atoms with van der Waals surface area (Å²) in [6.45, 7) is 8.14. The van der Waals surface area contributed by atoms with Gasteiger partial charge >= 0.3 is 0 Å². The normalized spacial score (nSPS) is 19.7. The summed E-state index contributed by atoms with van der Waals surface area (Å²) in [4.78, 5) is 14.7. The third kappa shape index (κ3) is 5.00. The van der Waals surface area contributed by atoms with Crippen LogP contribution in [0.15, 0.2) is 24.3 Å². The Labute approximate surface area is 133 Å². The molecule has 0 radical (unpaired) electrons. The molecule has 1 fully saturated rings. The second-order valence-corrected chi connectivity index (χ2v) is 6.26. The summed E-state index contributed by atoms with van der Waals surface area (Å²) >= 11 is 0. The molecule has 22 heavy (non-hydrogen) atoms. The van der Waals surface area contributed by atoms with Gasteiger partial charge in [0.25, 0.3) is 5.91 Å². The molecule has 1 aliphatic rings. The molecule has 0 saturated carbocycles. The van der Waals surface area contributed by atoms with E-state index in [1.54, 1.807) is 0 Å². The highest BCUT2D eigenvalue weighted by Gasteiger charge is 2.18. The summed E-state index contributed by atoms with van der Waals surface area (Å²) in [5, 5.41) is 6.36. The molecule has 1 saturated heterocycles. The Hall–Kier alpha value is -1.59. The van der Waals surface area contributed by atoms with Gasteiger partial charge in [-0.15, -0.1) is 0 Å². The van der Waals surface area contributed by atoms with Gasteiger partial charge in [0, 0.05) is 37.3 Å². The Morgan fingerprint density at radius 1 is 1.41 bits per heavy atom. The summed E-state index contributed by atoms with van der Waals surface area (Å²) < 4.78 is 5.59. The maximum atomic E-state index is 12.5. The highest BCUT2D eigenvalue weighted by molar-refractivity contribution is 5.99. The number of anilines is 1. The van der Waals surface area contributed by atoms with E-state index in [1.165, 1.54) is 0 Å². The summed E-state index contributed by atoms with van der Waals surface area (Å²) in [6.07, 6.45) is 0. The van der Waals surface area contributed by atoms with Gasteiger partial charge in [0.15, 0.2) is 0 Å². The Kier molecular flexibility index (Phi) is 6.21. The lowest BCUT2D eigenvalue weighted by Crippen LogP contribution is -2.36. The van der Waals surface area contributed by atoms with Crippen molar-refractivity contribution in [3.8, 4) is 0 Å². The summed E-state index contributed by atoms with van der Waals surface area (Å²) in [5.74, 6) is 0.303. The number of likely N-dealkylation sites (N-methyl/N-ethyl adjacent to an activating group) is 1. The van der Waals surface area contributed by atoms with E-state index in [2.05, 4.69) is 36.4 Å². The Balaban J connectivity index is 1.94. The van der Waals surface area contributed by atoms with E-state index >= 15 is 0 Å². The Bertz CT molecular complexity index is 491. The van der Waals surface area contributed by atoms with E-state index in [9.17, 15) is 4.79 Å². The average molecular weight is 305 g/mol. The molecule has 2 rings (SSSR count). The largest absolute Gasteiger partial charge is 0.382 e. The molecule has 0 unspecified atom stereocenters. The first-order chi connectivity index (χ1) is 10.6. The standard InChI is InChI=1S/C17H27N3O2/c1-13(2)19-16-7-5-4-6-15(16)17(21)18-10-14-11-20(3)8-9-22-12-14/h4-7,13-14,19H,8-12H2,1-3H3,(H,18,21)/t14-/m1/s1. The maximum absolute atomic E-state index is 12.5. The second-order valence-electron chi connectivity index (χ2n) is 6.26. The van der Waals surface area contributed by atoms with Gasteiger partial charge in [-0.2, -0.15) is 0 Å². The summed E-state index contributed by atoms with van der Waals surface area (Å²) in [5.41, 5.74) is 1.57. The third-order valence-electron chi connectivity index (χ3n) is 3.71. The van der Waals surface area contributed by atoms with Crippen LogP contribution in [0.1, 0.15) is 24.2 Å². The first-order valence-corrected chi connectivity index (χ1v) is 7.96. The molecule has 0 bridgehead atoms. The molecule has 1 aromatic rings. The smallest absolute Gasteiger partial charge is 0.253 e. The molecule has 0 aliphatic carbocycles. The lowest BCUT2D eigenvalue weighted by molar-refractivity contribution is 0.0922. The Morgan fingerprint density at radius 2 is 2.18 bits per heavy atom. The predicted molar refractivity (Wildman–Crippen MR) is 89.3 cm³/mol. The Morgan fingerprint density at radius 3 is 2.95 bits per heavy atom. The van der Waals surface area contributed by atoms with Crippen LogP contribution >= 0.6 is 0 Å². The zero-order chi connectivity index (χ0) is 15.9. The van der Waals surface area contributed by atoms with Crippen LogP contribution in [0.4, 0.5) is 5.69 Å². The fourth-order valence-corrected chi connectivity index (χ4v) is 2.63. The van der Waals surface area contributed by atoms with E-state index in [0.717, 1.165) is 25.4 Å². The van der Waals surface area contributed by atoms with Crippen LogP contribution in [0.25, 0.3) is 0 Å². The first-order valence-electron chi connectivity index (χ1n) is 7.96. The quantitative estimate of drug-likeness (QED) is 0.871. The van der Waals surface area contributed by atoms with Crippen molar-refractivity contribution in [3.63, 3.8) is 0 Å². The minimum atomic E-state index is -0.0318. The van der Waals surface area contributed by atoms with Crippen molar-refractivity contribution in [1.29, 1.82) is 0 Å². The monoisotopic (exact) mass is 305 g/mol. The van der Waals surface area contributed by atoms with Gasteiger partial charge in [0.05, 0.1) is 18.8 Å². The van der Waals surface area contributed by atoms with Crippen LogP contribution in [0.5, 0.6) is 0 Å². The molecule has 1 aliphatic heterocycles. The van der Waals surface area contributed by atoms with E-state index in [1.807, 2.05) is 24.3 Å². The summed E-state index contributed by atoms with van der Waals surface area (Å²) in [6, 6.07) is 7.92. The van der Waals surface area contributed by atoms with E-state index < -0.39 is 0 Å².